The minimum atomic E-state index is 0.493. The van der Waals surface area contributed by atoms with E-state index in [4.69, 9.17) is 0 Å². The van der Waals surface area contributed by atoms with Crippen molar-refractivity contribution >= 4 is 0 Å². The van der Waals surface area contributed by atoms with Crippen LogP contribution in [0.4, 0.5) is 0 Å². The van der Waals surface area contributed by atoms with E-state index in [9.17, 15) is 0 Å². The van der Waals surface area contributed by atoms with Gasteiger partial charge in [-0.1, -0.05) is 13.8 Å². The molecule has 0 aromatic heterocycles. The third kappa shape index (κ3) is 2.21. The maximum atomic E-state index is 3.37. The van der Waals surface area contributed by atoms with E-state index in [1.807, 2.05) is 0 Å². The molecular formula is C13H26N2. The molecule has 2 heterocycles. The summed E-state index contributed by atoms with van der Waals surface area (Å²) in [4.78, 5) is 2.66. The lowest BCUT2D eigenvalue weighted by molar-refractivity contribution is 0.131. The quantitative estimate of drug-likeness (QED) is 0.702. The maximum absolute atomic E-state index is 3.37. The zero-order valence-electron chi connectivity index (χ0n) is 10.8. The number of hydrogen-bond donors (Lipinski definition) is 1. The Kier molecular flexibility index (Phi) is 2.85. The van der Waals surface area contributed by atoms with Gasteiger partial charge in [-0.25, -0.2) is 0 Å². The Bertz CT molecular complexity index is 237. The number of hydrogen-bond acceptors (Lipinski definition) is 2. The molecule has 15 heavy (non-hydrogen) atoms. The van der Waals surface area contributed by atoms with Gasteiger partial charge in [0.25, 0.3) is 0 Å². The van der Waals surface area contributed by atoms with Crippen LogP contribution in [0.15, 0.2) is 0 Å². The fourth-order valence-electron chi connectivity index (χ4n) is 3.56. The molecular weight excluding hydrogens is 184 g/mol. The van der Waals surface area contributed by atoms with E-state index in [1.165, 1.54) is 38.9 Å². The molecule has 0 saturated carbocycles. The van der Waals surface area contributed by atoms with Gasteiger partial charge in [0.05, 0.1) is 0 Å². The smallest absolute Gasteiger partial charge is 0.0314 e. The molecule has 0 aromatic rings. The van der Waals surface area contributed by atoms with E-state index < -0.39 is 0 Å². The average Bonchev–Trinajstić information content (AvgIpc) is 2.71. The van der Waals surface area contributed by atoms with Gasteiger partial charge in [-0.15, -0.1) is 0 Å². The Morgan fingerprint density at radius 2 is 2.07 bits per heavy atom. The summed E-state index contributed by atoms with van der Waals surface area (Å²) in [7, 11) is 2.08. The Labute approximate surface area is 94.4 Å². The van der Waals surface area contributed by atoms with E-state index in [2.05, 4.69) is 38.0 Å². The van der Waals surface area contributed by atoms with Crippen molar-refractivity contribution in [3.63, 3.8) is 0 Å². The molecule has 2 heteroatoms. The molecule has 0 radical (unpaired) electrons. The standard InChI is InChI=1S/C13H26N2/c1-12(2)9-13(3)10-15(13)7-5-6-11(12)8-14-4/h11,14H,5-10H2,1-4H3. The van der Waals surface area contributed by atoms with Crippen molar-refractivity contribution in [3.05, 3.63) is 0 Å². The summed E-state index contributed by atoms with van der Waals surface area (Å²) in [5.41, 5.74) is 1.03. The van der Waals surface area contributed by atoms with Gasteiger partial charge >= 0.3 is 0 Å². The zero-order chi connectivity index (χ0) is 11.1. The summed E-state index contributed by atoms with van der Waals surface area (Å²) in [6, 6.07) is 0. The third-order valence-electron chi connectivity index (χ3n) is 4.56. The molecule has 2 saturated heterocycles. The number of fused-ring (bicyclic) bond motifs is 1. The predicted molar refractivity (Wildman–Crippen MR) is 65.0 cm³/mol. The van der Waals surface area contributed by atoms with E-state index >= 15 is 0 Å². The number of nitrogens with one attached hydrogen (secondary N) is 1. The van der Waals surface area contributed by atoms with E-state index in [0.717, 1.165) is 5.92 Å². The highest BCUT2D eigenvalue weighted by atomic mass is 15.3. The summed E-state index contributed by atoms with van der Waals surface area (Å²) in [5.74, 6) is 0.849. The highest BCUT2D eigenvalue weighted by molar-refractivity contribution is 5.07. The van der Waals surface area contributed by atoms with Crippen LogP contribution < -0.4 is 5.32 Å². The fourth-order valence-corrected chi connectivity index (χ4v) is 3.56. The van der Waals surface area contributed by atoms with Gasteiger partial charge in [0.2, 0.25) is 0 Å². The first-order valence-electron chi connectivity index (χ1n) is 6.38. The second kappa shape index (κ2) is 3.74. The van der Waals surface area contributed by atoms with Crippen LogP contribution in [0, 0.1) is 11.3 Å². The molecule has 0 bridgehead atoms. The summed E-state index contributed by atoms with van der Waals surface area (Å²) in [5, 5.41) is 3.37. The van der Waals surface area contributed by atoms with Crippen LogP contribution in [0.3, 0.4) is 0 Å². The second-order valence-corrected chi connectivity index (χ2v) is 6.48. The minimum Gasteiger partial charge on any atom is -0.319 e. The Morgan fingerprint density at radius 3 is 2.73 bits per heavy atom. The fraction of sp³-hybridized carbons (Fsp3) is 1.00. The topological polar surface area (TPSA) is 15.0 Å². The molecule has 3 unspecified atom stereocenters. The molecule has 2 aliphatic heterocycles. The normalized spacial score (nSPS) is 44.0. The lowest BCUT2D eigenvalue weighted by Crippen LogP contribution is -2.38. The monoisotopic (exact) mass is 210 g/mol. The second-order valence-electron chi connectivity index (χ2n) is 6.48. The molecule has 0 aromatic carbocycles. The average molecular weight is 210 g/mol. The Balaban J connectivity index is 2.06. The number of nitrogens with zero attached hydrogens (tertiary/aromatic N) is 1. The van der Waals surface area contributed by atoms with Gasteiger partial charge in [-0.05, 0) is 57.7 Å². The number of rotatable bonds is 2. The SMILES string of the molecule is CNCC1CCCN2CC2(C)CC1(C)C. The molecule has 0 amide bonds. The molecule has 0 aliphatic carbocycles. The van der Waals surface area contributed by atoms with Gasteiger partial charge in [0.15, 0.2) is 0 Å². The molecule has 88 valence electrons. The molecule has 2 fully saturated rings. The van der Waals surface area contributed by atoms with Crippen LogP contribution in [0.5, 0.6) is 0 Å². The third-order valence-corrected chi connectivity index (χ3v) is 4.56. The molecule has 2 nitrogen and oxygen atoms in total. The van der Waals surface area contributed by atoms with Gasteiger partial charge < -0.3 is 5.32 Å². The first kappa shape index (κ1) is 11.4. The van der Waals surface area contributed by atoms with Crippen LogP contribution in [0.1, 0.15) is 40.0 Å². The summed E-state index contributed by atoms with van der Waals surface area (Å²) >= 11 is 0. The summed E-state index contributed by atoms with van der Waals surface area (Å²) < 4.78 is 0. The van der Waals surface area contributed by atoms with Crippen LogP contribution in [0.25, 0.3) is 0 Å². The Hall–Kier alpha value is -0.0800. The lowest BCUT2D eigenvalue weighted by Gasteiger charge is -2.38. The van der Waals surface area contributed by atoms with Crippen LogP contribution in [0.2, 0.25) is 0 Å². The van der Waals surface area contributed by atoms with E-state index in [-0.39, 0.29) is 0 Å². The highest BCUT2D eigenvalue weighted by Crippen LogP contribution is 2.48. The summed E-state index contributed by atoms with van der Waals surface area (Å²) in [6.45, 7) is 11.2. The summed E-state index contributed by atoms with van der Waals surface area (Å²) in [6.07, 6.45) is 4.14. The van der Waals surface area contributed by atoms with Crippen molar-refractivity contribution in [2.24, 2.45) is 11.3 Å². The van der Waals surface area contributed by atoms with Gasteiger partial charge in [-0.2, -0.15) is 0 Å². The first-order chi connectivity index (χ1) is 6.98. The van der Waals surface area contributed by atoms with Crippen LogP contribution in [-0.2, 0) is 0 Å². The predicted octanol–water partition coefficient (Wildman–Crippen LogP) is 2.11. The van der Waals surface area contributed by atoms with Crippen LogP contribution >= 0.6 is 0 Å². The molecule has 0 spiro atoms. The van der Waals surface area contributed by atoms with Crippen molar-refractivity contribution in [3.8, 4) is 0 Å². The van der Waals surface area contributed by atoms with Crippen LogP contribution in [-0.4, -0.2) is 37.1 Å². The van der Waals surface area contributed by atoms with Crippen molar-refractivity contribution in [2.75, 3.05) is 26.7 Å². The largest absolute Gasteiger partial charge is 0.319 e. The first-order valence-corrected chi connectivity index (χ1v) is 6.38. The molecule has 2 rings (SSSR count). The molecule has 3 atom stereocenters. The highest BCUT2D eigenvalue weighted by Gasteiger charge is 2.52. The van der Waals surface area contributed by atoms with E-state index in [1.54, 1.807) is 0 Å². The minimum absolute atomic E-state index is 0.493. The maximum Gasteiger partial charge on any atom is 0.0314 e. The van der Waals surface area contributed by atoms with Crippen molar-refractivity contribution < 1.29 is 0 Å². The van der Waals surface area contributed by atoms with Crippen molar-refractivity contribution in [1.29, 1.82) is 0 Å². The van der Waals surface area contributed by atoms with Gasteiger partial charge in [-0.3, -0.25) is 4.90 Å². The van der Waals surface area contributed by atoms with Gasteiger partial charge in [0, 0.05) is 12.1 Å². The zero-order valence-corrected chi connectivity index (χ0v) is 10.8. The van der Waals surface area contributed by atoms with E-state index in [0.29, 0.717) is 11.0 Å². The van der Waals surface area contributed by atoms with Crippen molar-refractivity contribution in [2.45, 2.75) is 45.6 Å². The van der Waals surface area contributed by atoms with Crippen molar-refractivity contribution in [1.82, 2.24) is 10.2 Å². The molecule has 1 N–H and O–H groups in total. The lowest BCUT2D eigenvalue weighted by atomic mass is 9.70. The molecule has 2 aliphatic rings. The van der Waals surface area contributed by atoms with Gasteiger partial charge in [0.1, 0.15) is 0 Å². The Morgan fingerprint density at radius 1 is 1.33 bits per heavy atom.